The third-order valence-electron chi connectivity index (χ3n) is 5.50. The van der Waals surface area contributed by atoms with Crippen LogP contribution in [0.5, 0.6) is 0 Å². The third-order valence-corrected chi connectivity index (χ3v) is 5.75. The number of halogens is 1. The minimum absolute atomic E-state index is 0.115. The monoisotopic (exact) mass is 561 g/mol. The molecule has 208 valence electrons. The third kappa shape index (κ3) is 10.1. The standard InChI is InChI=1S/C29H32ClN7O3/c30-24-13-11-22(12-14-24)21-33-28-35-27(36-29(37-28)34-25-9-5-2-6-10-25)32-16-18-40-20-19-39-17-15-31-26(38)23-7-3-1-4-8-23/h1-14H,15-21H2,(H,31,38)(H3,32,33,34,35,36,37). The fraction of sp³-hybridized carbons (Fsp3) is 0.241. The summed E-state index contributed by atoms with van der Waals surface area (Å²) >= 11 is 5.98. The van der Waals surface area contributed by atoms with Crippen molar-refractivity contribution in [3.05, 3.63) is 101 Å². The van der Waals surface area contributed by atoms with E-state index < -0.39 is 0 Å². The predicted octanol–water partition coefficient (Wildman–Crippen LogP) is 4.76. The highest BCUT2D eigenvalue weighted by atomic mass is 35.5. The van der Waals surface area contributed by atoms with Crippen LogP contribution in [0.4, 0.5) is 23.5 Å². The Hall–Kier alpha value is -4.25. The van der Waals surface area contributed by atoms with Gasteiger partial charge in [0.2, 0.25) is 17.8 Å². The molecule has 0 fully saturated rings. The number of benzene rings is 3. The fourth-order valence-electron chi connectivity index (χ4n) is 3.51. The van der Waals surface area contributed by atoms with Gasteiger partial charge in [-0.3, -0.25) is 4.79 Å². The van der Waals surface area contributed by atoms with Crippen LogP contribution in [0.1, 0.15) is 15.9 Å². The van der Waals surface area contributed by atoms with Crippen LogP contribution in [0, 0.1) is 0 Å². The number of nitrogens with one attached hydrogen (secondary N) is 4. The van der Waals surface area contributed by atoms with Gasteiger partial charge in [-0.15, -0.1) is 0 Å². The predicted molar refractivity (Wildman–Crippen MR) is 157 cm³/mol. The molecule has 10 nitrogen and oxygen atoms in total. The molecular formula is C29H32ClN7O3. The van der Waals surface area contributed by atoms with Crippen LogP contribution in [0.3, 0.4) is 0 Å². The average Bonchev–Trinajstić information content (AvgIpc) is 2.98. The van der Waals surface area contributed by atoms with Gasteiger partial charge in [-0.05, 0) is 42.0 Å². The van der Waals surface area contributed by atoms with E-state index in [2.05, 4.69) is 36.2 Å². The average molecular weight is 562 g/mol. The second kappa shape index (κ2) is 16.0. The molecule has 1 heterocycles. The molecule has 0 saturated carbocycles. The van der Waals surface area contributed by atoms with Crippen molar-refractivity contribution in [2.45, 2.75) is 6.54 Å². The number of aromatic nitrogens is 3. The Kier molecular flexibility index (Phi) is 11.5. The van der Waals surface area contributed by atoms with Gasteiger partial charge < -0.3 is 30.7 Å². The molecule has 40 heavy (non-hydrogen) atoms. The molecule has 4 rings (SSSR count). The van der Waals surface area contributed by atoms with Gasteiger partial charge in [0.15, 0.2) is 0 Å². The van der Waals surface area contributed by atoms with E-state index in [1.165, 1.54) is 0 Å². The van der Waals surface area contributed by atoms with Crippen molar-refractivity contribution in [2.24, 2.45) is 0 Å². The molecule has 11 heteroatoms. The Morgan fingerprint density at radius 2 is 1.27 bits per heavy atom. The van der Waals surface area contributed by atoms with E-state index in [0.29, 0.717) is 74.5 Å². The molecule has 1 aromatic heterocycles. The number of rotatable bonds is 16. The number of carbonyl (C=O) groups is 1. The first-order valence-electron chi connectivity index (χ1n) is 12.9. The van der Waals surface area contributed by atoms with Crippen molar-refractivity contribution in [2.75, 3.05) is 55.5 Å². The minimum atomic E-state index is -0.115. The summed E-state index contributed by atoms with van der Waals surface area (Å²) in [5.74, 6) is 1.15. The number of ether oxygens (including phenoxy) is 2. The molecule has 0 aliphatic rings. The topological polar surface area (TPSA) is 122 Å². The molecule has 4 aromatic rings. The normalized spacial score (nSPS) is 10.6. The van der Waals surface area contributed by atoms with Crippen LogP contribution < -0.4 is 21.3 Å². The van der Waals surface area contributed by atoms with Crippen molar-refractivity contribution in [3.8, 4) is 0 Å². The molecule has 0 bridgehead atoms. The number of carbonyl (C=O) groups excluding carboxylic acids is 1. The summed E-state index contributed by atoms with van der Waals surface area (Å²) in [7, 11) is 0. The van der Waals surface area contributed by atoms with Crippen molar-refractivity contribution in [1.82, 2.24) is 20.3 Å². The lowest BCUT2D eigenvalue weighted by atomic mass is 10.2. The second-order valence-corrected chi connectivity index (χ2v) is 8.99. The Bertz CT molecular complexity index is 1310. The first-order chi connectivity index (χ1) is 19.7. The molecule has 0 saturated heterocycles. The number of hydrogen-bond donors (Lipinski definition) is 4. The van der Waals surface area contributed by atoms with Crippen molar-refractivity contribution < 1.29 is 14.3 Å². The van der Waals surface area contributed by atoms with Gasteiger partial charge >= 0.3 is 0 Å². The molecule has 0 aliphatic carbocycles. The van der Waals surface area contributed by atoms with E-state index in [0.717, 1.165) is 11.3 Å². The molecule has 0 spiro atoms. The van der Waals surface area contributed by atoms with E-state index in [4.69, 9.17) is 21.1 Å². The van der Waals surface area contributed by atoms with Crippen LogP contribution >= 0.6 is 11.6 Å². The Morgan fingerprint density at radius 3 is 1.98 bits per heavy atom. The molecule has 0 aliphatic heterocycles. The highest BCUT2D eigenvalue weighted by Gasteiger charge is 2.08. The smallest absolute Gasteiger partial charge is 0.251 e. The maximum absolute atomic E-state index is 12.0. The lowest BCUT2D eigenvalue weighted by molar-refractivity contribution is 0.0519. The van der Waals surface area contributed by atoms with Gasteiger partial charge in [0, 0.05) is 35.9 Å². The van der Waals surface area contributed by atoms with E-state index in [1.807, 2.05) is 72.8 Å². The van der Waals surface area contributed by atoms with E-state index in [1.54, 1.807) is 12.1 Å². The summed E-state index contributed by atoms with van der Waals surface area (Å²) in [6, 6.07) is 26.3. The van der Waals surface area contributed by atoms with Gasteiger partial charge in [0.05, 0.1) is 26.4 Å². The lowest BCUT2D eigenvalue weighted by Gasteiger charge is -2.12. The Labute approximate surface area is 238 Å². The number of anilines is 4. The largest absolute Gasteiger partial charge is 0.377 e. The van der Waals surface area contributed by atoms with E-state index in [-0.39, 0.29) is 5.91 Å². The molecule has 4 N–H and O–H groups in total. The van der Waals surface area contributed by atoms with E-state index >= 15 is 0 Å². The zero-order chi connectivity index (χ0) is 27.8. The highest BCUT2D eigenvalue weighted by Crippen LogP contribution is 2.16. The SMILES string of the molecule is O=C(NCCOCCOCCNc1nc(NCc2ccc(Cl)cc2)nc(Nc2ccccc2)n1)c1ccccc1. The molecule has 0 radical (unpaired) electrons. The van der Waals surface area contributed by atoms with Crippen molar-refractivity contribution in [1.29, 1.82) is 0 Å². The number of hydrogen-bond acceptors (Lipinski definition) is 9. The highest BCUT2D eigenvalue weighted by molar-refractivity contribution is 6.30. The maximum atomic E-state index is 12.0. The van der Waals surface area contributed by atoms with Gasteiger partial charge in [-0.2, -0.15) is 15.0 Å². The molecule has 0 unspecified atom stereocenters. The van der Waals surface area contributed by atoms with Crippen LogP contribution in [0.25, 0.3) is 0 Å². The minimum Gasteiger partial charge on any atom is -0.377 e. The molecule has 0 atom stereocenters. The zero-order valence-electron chi connectivity index (χ0n) is 22.0. The Balaban J connectivity index is 1.18. The van der Waals surface area contributed by atoms with E-state index in [9.17, 15) is 4.79 Å². The summed E-state index contributed by atoms with van der Waals surface area (Å²) in [4.78, 5) is 25.5. The number of para-hydroxylation sites is 1. The fourth-order valence-corrected chi connectivity index (χ4v) is 3.64. The summed E-state index contributed by atoms with van der Waals surface area (Å²) in [6.45, 7) is 3.17. The van der Waals surface area contributed by atoms with Crippen LogP contribution in [-0.2, 0) is 16.0 Å². The Morgan fingerprint density at radius 1 is 0.675 bits per heavy atom. The lowest BCUT2D eigenvalue weighted by Crippen LogP contribution is -2.27. The van der Waals surface area contributed by atoms with Crippen molar-refractivity contribution >= 4 is 41.0 Å². The summed E-state index contributed by atoms with van der Waals surface area (Å²) in [6.07, 6.45) is 0. The summed E-state index contributed by atoms with van der Waals surface area (Å²) < 4.78 is 11.2. The number of nitrogens with zero attached hydrogens (tertiary/aromatic N) is 3. The quantitative estimate of drug-likeness (QED) is 0.143. The van der Waals surface area contributed by atoms with Crippen LogP contribution in [0.2, 0.25) is 5.02 Å². The van der Waals surface area contributed by atoms with Crippen LogP contribution in [-0.4, -0.2) is 60.4 Å². The van der Waals surface area contributed by atoms with Crippen LogP contribution in [0.15, 0.2) is 84.9 Å². The second-order valence-electron chi connectivity index (χ2n) is 8.55. The summed E-state index contributed by atoms with van der Waals surface area (Å²) in [5, 5.41) is 13.1. The van der Waals surface area contributed by atoms with Gasteiger partial charge in [0.25, 0.3) is 5.91 Å². The van der Waals surface area contributed by atoms with Crippen molar-refractivity contribution in [3.63, 3.8) is 0 Å². The first kappa shape index (κ1) is 28.8. The van der Waals surface area contributed by atoms with Gasteiger partial charge in [-0.25, -0.2) is 0 Å². The maximum Gasteiger partial charge on any atom is 0.251 e. The summed E-state index contributed by atoms with van der Waals surface area (Å²) in [5.41, 5.74) is 2.54. The molecule has 1 amide bonds. The molecule has 3 aromatic carbocycles. The zero-order valence-corrected chi connectivity index (χ0v) is 22.7. The molecular weight excluding hydrogens is 530 g/mol. The number of amides is 1. The first-order valence-corrected chi connectivity index (χ1v) is 13.3. The van der Waals surface area contributed by atoms with Gasteiger partial charge in [-0.1, -0.05) is 60.1 Å². The van der Waals surface area contributed by atoms with Gasteiger partial charge in [0.1, 0.15) is 0 Å².